The van der Waals surface area contributed by atoms with Gasteiger partial charge in [0.1, 0.15) is 12.4 Å². The predicted molar refractivity (Wildman–Crippen MR) is 98.9 cm³/mol. The molecular formula is C20H23FN2O3. The van der Waals surface area contributed by atoms with Crippen LogP contribution in [0.2, 0.25) is 0 Å². The lowest BCUT2D eigenvalue weighted by molar-refractivity contribution is -0.124. The van der Waals surface area contributed by atoms with Gasteiger partial charge < -0.3 is 15.4 Å². The molecule has 5 nitrogen and oxygen atoms in total. The lowest BCUT2D eigenvalue weighted by Gasteiger charge is -2.16. The van der Waals surface area contributed by atoms with Crippen LogP contribution in [-0.2, 0) is 16.0 Å². The average Bonchev–Trinajstić information content (AvgIpc) is 2.67. The van der Waals surface area contributed by atoms with Crippen molar-refractivity contribution < 1.29 is 18.7 Å². The highest BCUT2D eigenvalue weighted by Crippen LogP contribution is 2.15. The zero-order valence-corrected chi connectivity index (χ0v) is 14.7. The Morgan fingerprint density at radius 3 is 2.35 bits per heavy atom. The topological polar surface area (TPSA) is 67.4 Å². The molecule has 0 aliphatic rings. The summed E-state index contributed by atoms with van der Waals surface area (Å²) in [6.07, 6.45) is 0.825. The van der Waals surface area contributed by atoms with Crippen molar-refractivity contribution in [1.82, 2.24) is 5.32 Å². The van der Waals surface area contributed by atoms with Crippen LogP contribution in [0.3, 0.4) is 0 Å². The fraction of sp³-hybridized carbons (Fsp3) is 0.300. The molecule has 1 atom stereocenters. The maximum absolute atomic E-state index is 13.2. The van der Waals surface area contributed by atoms with Crippen molar-refractivity contribution in [2.45, 2.75) is 25.8 Å². The third-order valence-electron chi connectivity index (χ3n) is 3.71. The van der Waals surface area contributed by atoms with E-state index in [9.17, 15) is 14.0 Å². The second-order valence-corrected chi connectivity index (χ2v) is 5.82. The Morgan fingerprint density at radius 2 is 1.73 bits per heavy atom. The Kier molecular flexibility index (Phi) is 7.61. The van der Waals surface area contributed by atoms with E-state index in [1.54, 1.807) is 31.2 Å². The number of halogens is 1. The molecule has 26 heavy (non-hydrogen) atoms. The van der Waals surface area contributed by atoms with Crippen LogP contribution < -0.4 is 15.4 Å². The number of rotatable bonds is 9. The first-order valence-corrected chi connectivity index (χ1v) is 8.52. The van der Waals surface area contributed by atoms with Gasteiger partial charge in [0, 0.05) is 12.1 Å². The molecule has 0 unspecified atom stereocenters. The molecule has 2 aromatic rings. The molecule has 0 saturated heterocycles. The Bertz CT molecular complexity index is 705. The minimum Gasteiger partial charge on any atom is -0.484 e. The van der Waals surface area contributed by atoms with E-state index in [4.69, 9.17) is 4.74 Å². The number of amides is 2. The summed E-state index contributed by atoms with van der Waals surface area (Å²) in [5.74, 6) is 0.0372. The smallest absolute Gasteiger partial charge is 0.258 e. The van der Waals surface area contributed by atoms with Gasteiger partial charge >= 0.3 is 0 Å². The van der Waals surface area contributed by atoms with Gasteiger partial charge in [-0.2, -0.15) is 0 Å². The lowest BCUT2D eigenvalue weighted by atomic mass is 10.1. The monoisotopic (exact) mass is 358 g/mol. The second-order valence-electron chi connectivity index (χ2n) is 5.82. The zero-order valence-electron chi connectivity index (χ0n) is 14.7. The highest BCUT2D eigenvalue weighted by molar-refractivity contribution is 5.90. The standard InChI is InChI=1S/C20H23FN2O3/c1-2-19(24)22-16-8-10-18(11-9-16)26-14-20(25)23-17(13-21)12-15-6-4-3-5-7-15/h3-11,17H,2,12-14H2,1H3,(H,22,24)(H,23,25)/t17-/m0/s1. The highest BCUT2D eigenvalue weighted by Gasteiger charge is 2.13. The molecule has 0 fully saturated rings. The molecule has 0 aliphatic carbocycles. The van der Waals surface area contributed by atoms with Crippen LogP contribution in [0.1, 0.15) is 18.9 Å². The van der Waals surface area contributed by atoms with Crippen LogP contribution in [0.25, 0.3) is 0 Å². The predicted octanol–water partition coefficient (Wildman–Crippen LogP) is 3.11. The van der Waals surface area contributed by atoms with Crippen molar-refractivity contribution >= 4 is 17.5 Å². The number of alkyl halides is 1. The van der Waals surface area contributed by atoms with Crippen LogP contribution in [0.15, 0.2) is 54.6 Å². The molecule has 0 radical (unpaired) electrons. The second kappa shape index (κ2) is 10.2. The summed E-state index contributed by atoms with van der Waals surface area (Å²) in [6, 6.07) is 15.6. The molecule has 0 heterocycles. The number of nitrogens with one attached hydrogen (secondary N) is 2. The van der Waals surface area contributed by atoms with Gasteiger partial charge in [0.2, 0.25) is 5.91 Å². The number of carbonyl (C=O) groups is 2. The van der Waals surface area contributed by atoms with E-state index in [1.165, 1.54) is 0 Å². The molecule has 6 heteroatoms. The van der Waals surface area contributed by atoms with Crippen molar-refractivity contribution in [3.05, 3.63) is 60.2 Å². The van der Waals surface area contributed by atoms with Crippen molar-refractivity contribution in [3.63, 3.8) is 0 Å². The van der Waals surface area contributed by atoms with Gasteiger partial charge in [0.15, 0.2) is 6.61 Å². The number of benzene rings is 2. The van der Waals surface area contributed by atoms with Crippen LogP contribution in [0, 0.1) is 0 Å². The molecule has 2 amide bonds. The lowest BCUT2D eigenvalue weighted by Crippen LogP contribution is -2.40. The molecule has 2 rings (SSSR count). The summed E-state index contributed by atoms with van der Waals surface area (Å²) < 4.78 is 18.6. The van der Waals surface area contributed by atoms with E-state index >= 15 is 0 Å². The van der Waals surface area contributed by atoms with E-state index < -0.39 is 12.7 Å². The van der Waals surface area contributed by atoms with Crippen molar-refractivity contribution in [1.29, 1.82) is 0 Å². The van der Waals surface area contributed by atoms with Crippen molar-refractivity contribution in [2.24, 2.45) is 0 Å². The minimum atomic E-state index is -0.646. The summed E-state index contributed by atoms with van der Waals surface area (Å²) in [5, 5.41) is 5.36. The molecule has 0 aliphatic heterocycles. The molecule has 0 saturated carbocycles. The number of ether oxygens (including phenoxy) is 1. The molecule has 138 valence electrons. The first kappa shape index (κ1) is 19.4. The molecule has 0 bridgehead atoms. The third kappa shape index (κ3) is 6.55. The van der Waals surface area contributed by atoms with Gasteiger partial charge in [0.05, 0.1) is 6.04 Å². The van der Waals surface area contributed by atoms with Gasteiger partial charge in [-0.05, 0) is 36.2 Å². The first-order chi connectivity index (χ1) is 12.6. The molecule has 2 N–H and O–H groups in total. The molecule has 2 aromatic carbocycles. The van der Waals surface area contributed by atoms with Crippen LogP contribution in [0.5, 0.6) is 5.75 Å². The highest BCUT2D eigenvalue weighted by atomic mass is 19.1. The fourth-order valence-electron chi connectivity index (χ4n) is 2.34. The van der Waals surface area contributed by atoms with E-state index in [1.807, 2.05) is 30.3 Å². The average molecular weight is 358 g/mol. The van der Waals surface area contributed by atoms with Crippen molar-refractivity contribution in [3.8, 4) is 5.75 Å². The quantitative estimate of drug-likeness (QED) is 0.724. The zero-order chi connectivity index (χ0) is 18.8. The van der Waals surface area contributed by atoms with Gasteiger partial charge in [0.25, 0.3) is 5.91 Å². The SMILES string of the molecule is CCC(=O)Nc1ccc(OCC(=O)N[C@H](CF)Cc2ccccc2)cc1. The number of carbonyl (C=O) groups excluding carboxylic acids is 2. The normalized spacial score (nSPS) is 11.5. The summed E-state index contributed by atoms with van der Waals surface area (Å²) in [5.41, 5.74) is 1.62. The Balaban J connectivity index is 1.79. The Morgan fingerprint density at radius 1 is 1.04 bits per heavy atom. The van der Waals surface area contributed by atoms with Gasteiger partial charge in [-0.1, -0.05) is 37.3 Å². The van der Waals surface area contributed by atoms with Gasteiger partial charge in [-0.3, -0.25) is 9.59 Å². The van der Waals surface area contributed by atoms with Crippen LogP contribution >= 0.6 is 0 Å². The largest absolute Gasteiger partial charge is 0.484 e. The van der Waals surface area contributed by atoms with E-state index in [0.29, 0.717) is 24.3 Å². The third-order valence-corrected chi connectivity index (χ3v) is 3.71. The van der Waals surface area contributed by atoms with E-state index in [0.717, 1.165) is 5.56 Å². The van der Waals surface area contributed by atoms with Gasteiger partial charge in [-0.25, -0.2) is 4.39 Å². The molecular weight excluding hydrogens is 335 g/mol. The van der Waals surface area contributed by atoms with Crippen LogP contribution in [0.4, 0.5) is 10.1 Å². The number of hydrogen-bond acceptors (Lipinski definition) is 3. The molecule has 0 spiro atoms. The Hall–Kier alpha value is -2.89. The number of hydrogen-bond donors (Lipinski definition) is 2. The number of anilines is 1. The van der Waals surface area contributed by atoms with Crippen LogP contribution in [-0.4, -0.2) is 31.1 Å². The van der Waals surface area contributed by atoms with E-state index in [-0.39, 0.29) is 18.4 Å². The van der Waals surface area contributed by atoms with Gasteiger partial charge in [-0.15, -0.1) is 0 Å². The first-order valence-electron chi connectivity index (χ1n) is 8.52. The summed E-state index contributed by atoms with van der Waals surface area (Å²) in [6.45, 7) is 0.923. The summed E-state index contributed by atoms with van der Waals surface area (Å²) in [7, 11) is 0. The molecule has 0 aromatic heterocycles. The Labute approximate surface area is 152 Å². The maximum Gasteiger partial charge on any atom is 0.258 e. The summed E-state index contributed by atoms with van der Waals surface area (Å²) >= 11 is 0. The van der Waals surface area contributed by atoms with Crippen molar-refractivity contribution in [2.75, 3.05) is 18.6 Å². The van der Waals surface area contributed by atoms with E-state index in [2.05, 4.69) is 10.6 Å². The maximum atomic E-state index is 13.2. The summed E-state index contributed by atoms with van der Waals surface area (Å²) in [4.78, 5) is 23.3. The fourth-order valence-corrected chi connectivity index (χ4v) is 2.34. The minimum absolute atomic E-state index is 0.0753.